The Morgan fingerprint density at radius 2 is 1.79 bits per heavy atom. The molecule has 0 atom stereocenters. The van der Waals surface area contributed by atoms with Crippen LogP contribution < -0.4 is 5.32 Å². The lowest BCUT2D eigenvalue weighted by molar-refractivity contribution is -0.150. The standard InChI is InChI=1S/C19H18BrNO3/c1-12-6-7-15(20)16(8-12)21-17(22)11-19(18(23)24)9-13-4-2-3-5-14(13)10-19/h2-8H,9-11H2,1H3,(H,21,22)(H,23,24). The van der Waals surface area contributed by atoms with Crippen LogP contribution in [0.3, 0.4) is 0 Å². The molecule has 0 heterocycles. The molecule has 4 nitrogen and oxygen atoms in total. The Labute approximate surface area is 149 Å². The second-order valence-corrected chi connectivity index (χ2v) is 7.27. The Morgan fingerprint density at radius 1 is 1.17 bits per heavy atom. The molecule has 0 aliphatic heterocycles. The maximum atomic E-state index is 12.5. The third-order valence-corrected chi connectivity index (χ3v) is 5.22. The summed E-state index contributed by atoms with van der Waals surface area (Å²) in [5.74, 6) is -1.20. The highest BCUT2D eigenvalue weighted by Gasteiger charge is 2.45. The molecule has 24 heavy (non-hydrogen) atoms. The number of anilines is 1. The summed E-state index contributed by atoms with van der Waals surface area (Å²) in [5, 5.41) is 12.6. The maximum Gasteiger partial charge on any atom is 0.310 e. The molecule has 0 unspecified atom stereocenters. The first-order valence-electron chi connectivity index (χ1n) is 7.76. The van der Waals surface area contributed by atoms with Crippen molar-refractivity contribution >= 4 is 33.5 Å². The quantitative estimate of drug-likeness (QED) is 0.834. The first kappa shape index (κ1) is 16.7. The van der Waals surface area contributed by atoms with E-state index in [1.165, 1.54) is 0 Å². The Balaban J connectivity index is 1.79. The Bertz CT molecular complexity index is 791. The number of carbonyl (C=O) groups excluding carboxylic acids is 1. The zero-order chi connectivity index (χ0) is 17.3. The van der Waals surface area contributed by atoms with Gasteiger partial charge < -0.3 is 10.4 Å². The number of rotatable bonds is 4. The van der Waals surface area contributed by atoms with Crippen molar-refractivity contribution in [2.75, 3.05) is 5.32 Å². The van der Waals surface area contributed by atoms with Gasteiger partial charge >= 0.3 is 5.97 Å². The van der Waals surface area contributed by atoms with Crippen molar-refractivity contribution < 1.29 is 14.7 Å². The van der Waals surface area contributed by atoms with E-state index < -0.39 is 11.4 Å². The van der Waals surface area contributed by atoms with Gasteiger partial charge in [-0.2, -0.15) is 0 Å². The first-order chi connectivity index (χ1) is 11.4. The van der Waals surface area contributed by atoms with E-state index in [1.54, 1.807) is 0 Å². The zero-order valence-corrected chi connectivity index (χ0v) is 14.9. The topological polar surface area (TPSA) is 66.4 Å². The lowest BCUT2D eigenvalue weighted by Crippen LogP contribution is -2.36. The summed E-state index contributed by atoms with van der Waals surface area (Å²) in [7, 11) is 0. The summed E-state index contributed by atoms with van der Waals surface area (Å²) < 4.78 is 0.778. The third-order valence-electron chi connectivity index (χ3n) is 4.52. The fraction of sp³-hybridized carbons (Fsp3) is 0.263. The third kappa shape index (κ3) is 3.22. The molecule has 0 radical (unpaired) electrons. The van der Waals surface area contributed by atoms with E-state index in [-0.39, 0.29) is 12.3 Å². The molecule has 124 valence electrons. The minimum atomic E-state index is -1.07. The summed E-state index contributed by atoms with van der Waals surface area (Å²) in [6, 6.07) is 13.3. The van der Waals surface area contributed by atoms with Crippen LogP contribution >= 0.6 is 15.9 Å². The number of carbonyl (C=O) groups is 2. The second kappa shape index (κ2) is 6.40. The van der Waals surface area contributed by atoms with Crippen LogP contribution in [0, 0.1) is 12.3 Å². The lowest BCUT2D eigenvalue weighted by atomic mass is 9.81. The number of hydrogen-bond acceptors (Lipinski definition) is 2. The Kier molecular flexibility index (Phi) is 4.45. The van der Waals surface area contributed by atoms with Crippen molar-refractivity contribution in [3.05, 3.63) is 63.6 Å². The van der Waals surface area contributed by atoms with Gasteiger partial charge in [0.2, 0.25) is 5.91 Å². The number of hydrogen-bond donors (Lipinski definition) is 2. The van der Waals surface area contributed by atoms with Crippen LogP contribution in [0.4, 0.5) is 5.69 Å². The van der Waals surface area contributed by atoms with Crippen molar-refractivity contribution in [2.24, 2.45) is 5.41 Å². The van der Waals surface area contributed by atoms with Gasteiger partial charge in [-0.1, -0.05) is 30.3 Å². The summed E-state index contributed by atoms with van der Waals surface area (Å²) in [6.45, 7) is 1.94. The monoisotopic (exact) mass is 387 g/mol. The average molecular weight is 388 g/mol. The number of aliphatic carboxylic acids is 1. The summed E-state index contributed by atoms with van der Waals surface area (Å²) in [5.41, 5.74) is 2.66. The van der Waals surface area contributed by atoms with Crippen LogP contribution in [-0.4, -0.2) is 17.0 Å². The number of fused-ring (bicyclic) bond motifs is 1. The molecule has 1 aliphatic rings. The highest BCUT2D eigenvalue weighted by molar-refractivity contribution is 9.10. The summed E-state index contributed by atoms with van der Waals surface area (Å²) in [6.07, 6.45) is 0.735. The number of benzene rings is 2. The van der Waals surface area contributed by atoms with E-state index in [4.69, 9.17) is 0 Å². The highest BCUT2D eigenvalue weighted by Crippen LogP contribution is 2.40. The Morgan fingerprint density at radius 3 is 2.38 bits per heavy atom. The minimum Gasteiger partial charge on any atom is -0.481 e. The fourth-order valence-corrected chi connectivity index (χ4v) is 3.63. The zero-order valence-electron chi connectivity index (χ0n) is 13.3. The van der Waals surface area contributed by atoms with Gasteiger partial charge in [0, 0.05) is 10.9 Å². The molecule has 1 amide bonds. The van der Waals surface area contributed by atoms with Crippen molar-refractivity contribution in [1.29, 1.82) is 0 Å². The average Bonchev–Trinajstić information content (AvgIpc) is 2.90. The summed E-state index contributed by atoms with van der Waals surface area (Å²) >= 11 is 3.41. The SMILES string of the molecule is Cc1ccc(Br)c(NC(=O)CC2(C(=O)O)Cc3ccccc3C2)c1. The van der Waals surface area contributed by atoms with Gasteiger partial charge in [-0.15, -0.1) is 0 Å². The molecule has 5 heteroatoms. The van der Waals surface area contributed by atoms with Crippen molar-refractivity contribution in [1.82, 2.24) is 0 Å². The molecule has 0 saturated carbocycles. The van der Waals surface area contributed by atoms with Gasteiger partial charge in [0.1, 0.15) is 0 Å². The molecule has 0 saturated heterocycles. The number of halogens is 1. The predicted octanol–water partition coefficient (Wildman–Crippen LogP) is 3.96. The molecule has 2 aromatic rings. The predicted molar refractivity (Wildman–Crippen MR) is 96.0 cm³/mol. The molecule has 1 aliphatic carbocycles. The fourth-order valence-electron chi connectivity index (χ4n) is 3.28. The van der Waals surface area contributed by atoms with Crippen molar-refractivity contribution in [3.8, 4) is 0 Å². The maximum absolute atomic E-state index is 12.5. The van der Waals surface area contributed by atoms with E-state index >= 15 is 0 Å². The van der Waals surface area contributed by atoms with Crippen LogP contribution in [-0.2, 0) is 22.4 Å². The van der Waals surface area contributed by atoms with Crippen molar-refractivity contribution in [3.63, 3.8) is 0 Å². The first-order valence-corrected chi connectivity index (χ1v) is 8.55. The Hall–Kier alpha value is -2.14. The largest absolute Gasteiger partial charge is 0.481 e. The van der Waals surface area contributed by atoms with E-state index in [1.807, 2.05) is 49.4 Å². The van der Waals surface area contributed by atoms with Crippen molar-refractivity contribution in [2.45, 2.75) is 26.2 Å². The van der Waals surface area contributed by atoms with Crippen LogP contribution in [0.25, 0.3) is 0 Å². The molecule has 0 fully saturated rings. The van der Waals surface area contributed by atoms with Crippen LogP contribution in [0.2, 0.25) is 0 Å². The van der Waals surface area contributed by atoms with Gasteiger partial charge in [-0.05, 0) is 64.5 Å². The molecular weight excluding hydrogens is 370 g/mol. The van der Waals surface area contributed by atoms with Gasteiger partial charge in [0.15, 0.2) is 0 Å². The van der Waals surface area contributed by atoms with Crippen LogP contribution in [0.15, 0.2) is 46.9 Å². The van der Waals surface area contributed by atoms with E-state index in [0.717, 1.165) is 21.2 Å². The van der Waals surface area contributed by atoms with Gasteiger partial charge in [-0.25, -0.2) is 0 Å². The number of aryl methyl sites for hydroxylation is 1. The molecular formula is C19H18BrNO3. The smallest absolute Gasteiger partial charge is 0.310 e. The van der Waals surface area contributed by atoms with Crippen LogP contribution in [0.1, 0.15) is 23.1 Å². The van der Waals surface area contributed by atoms with Crippen LogP contribution in [0.5, 0.6) is 0 Å². The molecule has 0 bridgehead atoms. The summed E-state index contributed by atoms with van der Waals surface area (Å²) in [4.78, 5) is 24.4. The highest BCUT2D eigenvalue weighted by atomic mass is 79.9. The number of carboxylic acid groups (broad SMARTS) is 1. The van der Waals surface area contributed by atoms with Gasteiger partial charge in [0.05, 0.1) is 11.1 Å². The number of carboxylic acids is 1. The molecule has 2 aromatic carbocycles. The lowest BCUT2D eigenvalue weighted by Gasteiger charge is -2.23. The number of nitrogens with one attached hydrogen (secondary N) is 1. The normalized spacial score (nSPS) is 14.9. The van der Waals surface area contributed by atoms with Gasteiger partial charge in [0.25, 0.3) is 0 Å². The molecule has 0 aromatic heterocycles. The molecule has 2 N–H and O–H groups in total. The molecule has 3 rings (SSSR count). The van der Waals surface area contributed by atoms with E-state index in [0.29, 0.717) is 18.5 Å². The van der Waals surface area contributed by atoms with E-state index in [9.17, 15) is 14.7 Å². The minimum absolute atomic E-state index is 0.0443. The second-order valence-electron chi connectivity index (χ2n) is 6.42. The number of amides is 1. The molecule has 0 spiro atoms. The van der Waals surface area contributed by atoms with Gasteiger partial charge in [-0.3, -0.25) is 9.59 Å². The van der Waals surface area contributed by atoms with E-state index in [2.05, 4.69) is 21.2 Å².